The molecule has 0 radical (unpaired) electrons. The van der Waals surface area contributed by atoms with E-state index < -0.39 is 36.0 Å². The van der Waals surface area contributed by atoms with Gasteiger partial charge in [-0.05, 0) is 41.7 Å². The number of carboxylic acid groups (broad SMARTS) is 1. The molecule has 3 aromatic rings. The van der Waals surface area contributed by atoms with Gasteiger partial charge in [-0.2, -0.15) is 0 Å². The number of amides is 2. The predicted octanol–water partition coefficient (Wildman–Crippen LogP) is 2.20. The van der Waals surface area contributed by atoms with Gasteiger partial charge in [0.2, 0.25) is 11.8 Å². The molecule has 3 aromatic carbocycles. The third-order valence-corrected chi connectivity index (χ3v) is 7.72. The monoisotopic (exact) mass is 658 g/mol. The van der Waals surface area contributed by atoms with Crippen molar-refractivity contribution in [2.24, 2.45) is 11.5 Å². The fourth-order valence-corrected chi connectivity index (χ4v) is 5.04. The number of guanidine groups is 1. The van der Waals surface area contributed by atoms with Crippen LogP contribution in [0.4, 0.5) is 0 Å². The summed E-state index contributed by atoms with van der Waals surface area (Å²) in [6, 6.07) is 21.2. The number of aliphatic carboxylic acids is 1. The van der Waals surface area contributed by atoms with Crippen molar-refractivity contribution in [1.82, 2.24) is 15.5 Å². The van der Waals surface area contributed by atoms with E-state index in [1.807, 2.05) is 66.7 Å². The Morgan fingerprint density at radius 2 is 1.56 bits per heavy atom. The smallest absolute Gasteiger partial charge is 0.329 e. The van der Waals surface area contributed by atoms with Crippen LogP contribution in [-0.2, 0) is 27.6 Å². The molecule has 0 saturated carbocycles. The predicted molar refractivity (Wildman–Crippen MR) is 179 cm³/mol. The van der Waals surface area contributed by atoms with Crippen LogP contribution in [0.2, 0.25) is 0 Å². The second-order valence-corrected chi connectivity index (χ2v) is 11.4. The zero-order valence-electron chi connectivity index (χ0n) is 26.5. The molecule has 48 heavy (non-hydrogen) atoms. The van der Waals surface area contributed by atoms with E-state index in [0.717, 1.165) is 16.7 Å². The van der Waals surface area contributed by atoms with Crippen molar-refractivity contribution in [3.05, 3.63) is 107 Å². The van der Waals surface area contributed by atoms with Gasteiger partial charge in [-0.1, -0.05) is 78.4 Å². The van der Waals surface area contributed by atoms with Gasteiger partial charge in [0.25, 0.3) is 0 Å². The molecule has 3 atom stereocenters. The van der Waals surface area contributed by atoms with Gasteiger partial charge >= 0.3 is 5.97 Å². The molecule has 2 amide bonds. The summed E-state index contributed by atoms with van der Waals surface area (Å²) in [5.74, 6) is -1.76. The lowest BCUT2D eigenvalue weighted by atomic mass is 10.0. The number of rotatable bonds is 17. The normalized spacial score (nSPS) is 14.3. The maximum atomic E-state index is 12.7. The minimum Gasteiger partial charge on any atom is -0.485 e. The molecule has 4 rings (SSSR count). The van der Waals surface area contributed by atoms with Crippen molar-refractivity contribution >= 4 is 23.7 Å². The Balaban J connectivity index is 1.31. The summed E-state index contributed by atoms with van der Waals surface area (Å²) >= 11 is 0. The number of aliphatic hydroxyl groups is 1. The summed E-state index contributed by atoms with van der Waals surface area (Å²) in [6.07, 6.45) is 0.725. The summed E-state index contributed by atoms with van der Waals surface area (Å²) in [4.78, 5) is 38.9. The van der Waals surface area contributed by atoms with Crippen molar-refractivity contribution in [3.63, 3.8) is 0 Å². The highest BCUT2D eigenvalue weighted by Crippen LogP contribution is 2.33. The number of nitrogens with zero attached hydrogens (tertiary/aromatic N) is 1. The Bertz CT molecular complexity index is 1580. The van der Waals surface area contributed by atoms with E-state index in [2.05, 4.69) is 10.6 Å². The van der Waals surface area contributed by atoms with Crippen LogP contribution >= 0.6 is 0 Å². The molecule has 13 nitrogen and oxygen atoms in total. The molecule has 3 unspecified atom stereocenters. The van der Waals surface area contributed by atoms with Gasteiger partial charge in [-0.3, -0.25) is 15.0 Å². The fraction of sp³-hybridized carbons (Fsp3) is 0.314. The average molecular weight is 659 g/mol. The Morgan fingerprint density at radius 3 is 2.15 bits per heavy atom. The number of carbonyl (C=O) groups is 3. The quantitative estimate of drug-likeness (QED) is 0.0486. The molecule has 0 fully saturated rings. The number of aliphatic hydroxyl groups excluding tert-OH is 1. The molecule has 254 valence electrons. The zero-order chi connectivity index (χ0) is 34.5. The molecule has 0 saturated heterocycles. The summed E-state index contributed by atoms with van der Waals surface area (Å²) in [6.45, 7) is 1.56. The SMILES string of the molecule is N=C(N)N1CC=C(CC(N)C(=O)NCCCC(=O)NC(C(=O)O)C(O)c2ccc(OCc3ccccc3)c(OCc3ccccc3)c2)C1. The molecule has 1 heterocycles. The van der Waals surface area contributed by atoms with Gasteiger partial charge in [0.1, 0.15) is 19.3 Å². The van der Waals surface area contributed by atoms with Crippen molar-refractivity contribution < 1.29 is 34.1 Å². The third-order valence-electron chi connectivity index (χ3n) is 7.72. The van der Waals surface area contributed by atoms with E-state index in [1.54, 1.807) is 11.0 Å². The van der Waals surface area contributed by atoms with Crippen molar-refractivity contribution in [2.45, 2.75) is 50.7 Å². The van der Waals surface area contributed by atoms with E-state index in [4.69, 9.17) is 26.4 Å². The molecule has 0 aliphatic carbocycles. The molecule has 0 aromatic heterocycles. The van der Waals surface area contributed by atoms with Gasteiger partial charge in [0.05, 0.1) is 6.04 Å². The molecule has 0 bridgehead atoms. The van der Waals surface area contributed by atoms with E-state index >= 15 is 0 Å². The highest BCUT2D eigenvalue weighted by atomic mass is 16.5. The average Bonchev–Trinajstić information content (AvgIpc) is 3.56. The lowest BCUT2D eigenvalue weighted by molar-refractivity contribution is -0.145. The van der Waals surface area contributed by atoms with E-state index in [9.17, 15) is 24.6 Å². The van der Waals surface area contributed by atoms with Crippen LogP contribution in [0.5, 0.6) is 11.5 Å². The molecule has 1 aliphatic rings. The Kier molecular flexibility index (Phi) is 12.9. The van der Waals surface area contributed by atoms with Gasteiger partial charge in [0, 0.05) is 26.1 Å². The van der Waals surface area contributed by atoms with Gasteiger partial charge in [-0.15, -0.1) is 0 Å². The number of benzene rings is 3. The van der Waals surface area contributed by atoms with Crippen LogP contribution in [0, 0.1) is 5.41 Å². The summed E-state index contributed by atoms with van der Waals surface area (Å²) in [5.41, 5.74) is 14.5. The summed E-state index contributed by atoms with van der Waals surface area (Å²) in [7, 11) is 0. The number of carboxylic acids is 1. The summed E-state index contributed by atoms with van der Waals surface area (Å²) < 4.78 is 12.0. The van der Waals surface area contributed by atoms with Gasteiger partial charge in [-0.25, -0.2) is 4.79 Å². The number of nitrogens with one attached hydrogen (secondary N) is 3. The molecular weight excluding hydrogens is 616 g/mol. The maximum absolute atomic E-state index is 12.7. The van der Waals surface area contributed by atoms with Crippen molar-refractivity contribution in [1.29, 1.82) is 5.41 Å². The first kappa shape index (κ1) is 35.5. The van der Waals surface area contributed by atoms with Crippen LogP contribution in [0.1, 0.15) is 42.1 Å². The standard InChI is InChI=1S/C35H42N6O7/c36-27(18-25-15-17-41(20-25)35(37)38)33(44)39-16-7-12-30(42)40-31(34(45)46)32(43)26-13-14-28(47-21-23-8-3-1-4-9-23)29(19-26)48-22-24-10-5-2-6-11-24/h1-6,8-11,13-15,19,27,31-32,43H,7,12,16-18,20-22,36H2,(H3,37,38)(H,39,44)(H,40,42)(H,45,46). The third kappa shape index (κ3) is 10.6. The first-order valence-electron chi connectivity index (χ1n) is 15.6. The zero-order valence-corrected chi connectivity index (χ0v) is 26.5. The largest absolute Gasteiger partial charge is 0.485 e. The minimum absolute atomic E-state index is 0.0464. The Morgan fingerprint density at radius 1 is 0.938 bits per heavy atom. The number of nitrogens with two attached hydrogens (primary N) is 2. The molecular formula is C35H42N6O7. The van der Waals surface area contributed by atoms with Crippen LogP contribution in [0.15, 0.2) is 90.5 Å². The molecule has 0 spiro atoms. The lowest BCUT2D eigenvalue weighted by Gasteiger charge is -2.22. The topological polar surface area (TPSA) is 213 Å². The van der Waals surface area contributed by atoms with Gasteiger partial charge < -0.3 is 46.7 Å². The van der Waals surface area contributed by atoms with E-state index in [-0.39, 0.29) is 44.1 Å². The molecule has 9 N–H and O–H groups in total. The summed E-state index contributed by atoms with van der Waals surface area (Å²) in [5, 5.41) is 33.5. The van der Waals surface area contributed by atoms with Crippen molar-refractivity contribution in [2.75, 3.05) is 19.6 Å². The first-order valence-corrected chi connectivity index (χ1v) is 15.6. The highest BCUT2D eigenvalue weighted by molar-refractivity contribution is 5.84. The number of carbonyl (C=O) groups excluding carboxylic acids is 2. The van der Waals surface area contributed by atoms with Gasteiger partial charge in [0.15, 0.2) is 23.5 Å². The molecule has 13 heteroatoms. The fourth-order valence-electron chi connectivity index (χ4n) is 5.04. The number of hydrogen-bond donors (Lipinski definition) is 7. The Labute approximate surface area is 279 Å². The number of hydrogen-bond acceptors (Lipinski definition) is 8. The minimum atomic E-state index is -1.65. The van der Waals surface area contributed by atoms with Crippen molar-refractivity contribution in [3.8, 4) is 11.5 Å². The van der Waals surface area contributed by atoms with Crippen LogP contribution in [0.25, 0.3) is 0 Å². The van der Waals surface area contributed by atoms with E-state index in [1.165, 1.54) is 12.1 Å². The second kappa shape index (κ2) is 17.5. The molecule has 1 aliphatic heterocycles. The Hall–Kier alpha value is -5.40. The van der Waals surface area contributed by atoms with Crippen LogP contribution in [0.3, 0.4) is 0 Å². The number of ether oxygens (including phenoxy) is 2. The van der Waals surface area contributed by atoms with Crippen LogP contribution in [-0.4, -0.2) is 70.6 Å². The highest BCUT2D eigenvalue weighted by Gasteiger charge is 2.30. The van der Waals surface area contributed by atoms with E-state index in [0.29, 0.717) is 31.0 Å². The first-order chi connectivity index (χ1) is 23.1. The van der Waals surface area contributed by atoms with Crippen LogP contribution < -0.4 is 31.6 Å². The lowest BCUT2D eigenvalue weighted by Crippen LogP contribution is -2.45. The second-order valence-electron chi connectivity index (χ2n) is 11.4. The maximum Gasteiger partial charge on any atom is 0.329 e.